The van der Waals surface area contributed by atoms with Crippen molar-refractivity contribution in [3.05, 3.63) is 42.0 Å². The summed E-state index contributed by atoms with van der Waals surface area (Å²) in [4.78, 5) is 13.1. The number of carbonyl (C=O) groups excluding carboxylic acids is 1. The minimum atomic E-state index is -3.38. The van der Waals surface area contributed by atoms with Crippen LogP contribution in [0.2, 0.25) is 0 Å². The minimum absolute atomic E-state index is 0.0781. The van der Waals surface area contributed by atoms with Gasteiger partial charge in [0.05, 0.1) is 0 Å². The van der Waals surface area contributed by atoms with Crippen LogP contribution in [-0.2, 0) is 10.0 Å². The van der Waals surface area contributed by atoms with Crippen LogP contribution in [0.1, 0.15) is 43.5 Å². The van der Waals surface area contributed by atoms with Gasteiger partial charge in [-0.1, -0.05) is 26.0 Å². The van der Waals surface area contributed by atoms with Crippen molar-refractivity contribution in [2.45, 2.75) is 37.3 Å². The molecule has 146 valence electrons. The highest BCUT2D eigenvalue weighted by Gasteiger charge is 2.28. The molecule has 3 rings (SSSR count). The third kappa shape index (κ3) is 4.78. The fraction of sp³-hybridized carbons (Fsp3) is 0.450. The van der Waals surface area contributed by atoms with Gasteiger partial charge in [-0.05, 0) is 55.0 Å². The molecule has 0 unspecified atom stereocenters. The van der Waals surface area contributed by atoms with Gasteiger partial charge in [-0.15, -0.1) is 11.3 Å². The molecule has 2 heterocycles. The minimum Gasteiger partial charge on any atom is -0.352 e. The molecule has 5 nitrogen and oxygen atoms in total. The maximum atomic E-state index is 12.7. The highest BCUT2D eigenvalue weighted by Crippen LogP contribution is 2.33. The molecule has 1 aliphatic heterocycles. The number of hydrogen-bond donors (Lipinski definition) is 1. The lowest BCUT2D eigenvalue weighted by atomic mass is 10.1. The lowest BCUT2D eigenvalue weighted by Gasteiger charge is -2.13. The topological polar surface area (TPSA) is 66.5 Å². The molecule has 0 atom stereocenters. The second-order valence-corrected chi connectivity index (χ2v) is 10.5. The molecule has 0 saturated carbocycles. The Hall–Kier alpha value is -1.70. The molecule has 0 bridgehead atoms. The van der Waals surface area contributed by atoms with Gasteiger partial charge >= 0.3 is 0 Å². The molecule has 0 aliphatic carbocycles. The first-order valence-electron chi connectivity index (χ1n) is 9.36. The fourth-order valence-corrected chi connectivity index (χ4v) is 6.02. The molecule has 1 N–H and O–H groups in total. The molecular formula is C20H26N2O3S2. The summed E-state index contributed by atoms with van der Waals surface area (Å²) in [5.41, 5.74) is 1.53. The molecule has 2 aromatic rings. The Morgan fingerprint density at radius 3 is 2.41 bits per heavy atom. The number of thiophene rings is 1. The van der Waals surface area contributed by atoms with Gasteiger partial charge in [-0.2, -0.15) is 4.31 Å². The summed E-state index contributed by atoms with van der Waals surface area (Å²) in [6, 6.07) is 10.8. The average molecular weight is 407 g/mol. The largest absolute Gasteiger partial charge is 0.352 e. The zero-order chi connectivity index (χ0) is 19.4. The van der Waals surface area contributed by atoms with Gasteiger partial charge in [0.25, 0.3) is 15.9 Å². The average Bonchev–Trinajstić information content (AvgIpc) is 3.34. The van der Waals surface area contributed by atoms with E-state index in [9.17, 15) is 13.2 Å². The normalized spacial score (nSPS) is 15.4. The van der Waals surface area contributed by atoms with E-state index in [-0.39, 0.29) is 5.91 Å². The Kier molecular flexibility index (Phi) is 6.34. The van der Waals surface area contributed by atoms with Crippen LogP contribution in [0, 0.1) is 5.92 Å². The number of nitrogens with one attached hydrogen (secondary N) is 1. The standard InChI is InChI=1S/C20H26N2O3S2/c1-15(2)11-12-21-20(23)17-7-5-16(6-8-17)18-9-10-19(26-18)27(24,25)22-13-3-4-14-22/h5-10,15H,3-4,11-14H2,1-2H3,(H,21,23). The molecule has 1 aromatic carbocycles. The molecule has 0 radical (unpaired) electrons. The zero-order valence-corrected chi connectivity index (χ0v) is 17.4. The molecule has 1 amide bonds. The van der Waals surface area contributed by atoms with Gasteiger partial charge in [0.2, 0.25) is 0 Å². The monoisotopic (exact) mass is 406 g/mol. The van der Waals surface area contributed by atoms with E-state index >= 15 is 0 Å². The van der Waals surface area contributed by atoms with E-state index in [1.54, 1.807) is 22.5 Å². The van der Waals surface area contributed by atoms with E-state index < -0.39 is 10.0 Å². The first-order valence-corrected chi connectivity index (χ1v) is 11.6. The Morgan fingerprint density at radius 1 is 1.11 bits per heavy atom. The summed E-state index contributed by atoms with van der Waals surface area (Å²) in [5.74, 6) is 0.475. The number of benzene rings is 1. The zero-order valence-electron chi connectivity index (χ0n) is 15.8. The van der Waals surface area contributed by atoms with Gasteiger partial charge in [0, 0.05) is 30.1 Å². The van der Waals surface area contributed by atoms with Crippen molar-refractivity contribution < 1.29 is 13.2 Å². The highest BCUT2D eigenvalue weighted by atomic mass is 32.2. The maximum Gasteiger partial charge on any atom is 0.252 e. The van der Waals surface area contributed by atoms with Gasteiger partial charge in [0.1, 0.15) is 4.21 Å². The Balaban J connectivity index is 1.69. The van der Waals surface area contributed by atoms with Crippen molar-refractivity contribution in [3.63, 3.8) is 0 Å². The lowest BCUT2D eigenvalue weighted by molar-refractivity contribution is 0.0952. The van der Waals surface area contributed by atoms with Gasteiger partial charge in [-0.25, -0.2) is 8.42 Å². The predicted octanol–water partition coefficient (Wildman–Crippen LogP) is 3.98. The summed E-state index contributed by atoms with van der Waals surface area (Å²) in [7, 11) is -3.38. The summed E-state index contributed by atoms with van der Waals surface area (Å²) in [6.45, 7) is 6.13. The van der Waals surface area contributed by atoms with Crippen LogP contribution < -0.4 is 5.32 Å². The predicted molar refractivity (Wildman–Crippen MR) is 110 cm³/mol. The molecule has 7 heteroatoms. The Morgan fingerprint density at radius 2 is 1.78 bits per heavy atom. The van der Waals surface area contributed by atoms with Crippen LogP contribution in [0.15, 0.2) is 40.6 Å². The van der Waals surface area contributed by atoms with Crippen LogP contribution in [-0.4, -0.2) is 38.3 Å². The first-order chi connectivity index (χ1) is 12.9. The van der Waals surface area contributed by atoms with Crippen LogP contribution in [0.5, 0.6) is 0 Å². The van der Waals surface area contributed by atoms with E-state index in [1.807, 2.05) is 18.2 Å². The molecule has 27 heavy (non-hydrogen) atoms. The Bertz CT molecular complexity index is 880. The third-order valence-corrected chi connectivity index (χ3v) is 8.18. The molecular weight excluding hydrogens is 380 g/mol. The number of carbonyl (C=O) groups is 1. The van der Waals surface area contributed by atoms with Crippen molar-refractivity contribution >= 4 is 27.3 Å². The molecule has 0 spiro atoms. The highest BCUT2D eigenvalue weighted by molar-refractivity contribution is 7.91. The second-order valence-electron chi connectivity index (χ2n) is 7.25. The fourth-order valence-electron chi connectivity index (χ4n) is 3.03. The number of rotatable bonds is 7. The van der Waals surface area contributed by atoms with Crippen LogP contribution in [0.3, 0.4) is 0 Å². The van der Waals surface area contributed by atoms with Crippen LogP contribution >= 0.6 is 11.3 Å². The molecule has 1 fully saturated rings. The van der Waals surface area contributed by atoms with Gasteiger partial charge in [0.15, 0.2) is 0 Å². The number of nitrogens with zero attached hydrogens (tertiary/aromatic N) is 1. The molecule has 1 saturated heterocycles. The Labute approximate surface area is 165 Å². The van der Waals surface area contributed by atoms with Gasteiger partial charge in [-0.3, -0.25) is 4.79 Å². The van der Waals surface area contributed by atoms with Crippen molar-refractivity contribution in [1.29, 1.82) is 0 Å². The smallest absolute Gasteiger partial charge is 0.252 e. The summed E-state index contributed by atoms with van der Waals surface area (Å²) >= 11 is 1.28. The van der Waals surface area contributed by atoms with E-state index in [0.717, 1.165) is 29.7 Å². The summed E-state index contributed by atoms with van der Waals surface area (Å²) in [6.07, 6.45) is 2.81. The summed E-state index contributed by atoms with van der Waals surface area (Å²) < 4.78 is 27.3. The van der Waals surface area contributed by atoms with Crippen molar-refractivity contribution in [3.8, 4) is 10.4 Å². The van der Waals surface area contributed by atoms with E-state index in [2.05, 4.69) is 19.2 Å². The summed E-state index contributed by atoms with van der Waals surface area (Å²) in [5, 5.41) is 2.92. The van der Waals surface area contributed by atoms with Crippen molar-refractivity contribution in [1.82, 2.24) is 9.62 Å². The van der Waals surface area contributed by atoms with Crippen LogP contribution in [0.4, 0.5) is 0 Å². The lowest BCUT2D eigenvalue weighted by Crippen LogP contribution is -2.27. The maximum absolute atomic E-state index is 12.7. The number of hydrogen-bond acceptors (Lipinski definition) is 4. The molecule has 1 aromatic heterocycles. The van der Waals surface area contributed by atoms with Crippen molar-refractivity contribution in [2.75, 3.05) is 19.6 Å². The first kappa shape index (κ1) is 20.0. The van der Waals surface area contributed by atoms with E-state index in [0.29, 0.717) is 35.3 Å². The molecule has 1 aliphatic rings. The van der Waals surface area contributed by atoms with E-state index in [1.165, 1.54) is 11.3 Å². The van der Waals surface area contributed by atoms with E-state index in [4.69, 9.17) is 0 Å². The van der Waals surface area contributed by atoms with Gasteiger partial charge < -0.3 is 5.32 Å². The quantitative estimate of drug-likeness (QED) is 0.756. The van der Waals surface area contributed by atoms with Crippen molar-refractivity contribution in [2.24, 2.45) is 5.92 Å². The van der Waals surface area contributed by atoms with Crippen LogP contribution in [0.25, 0.3) is 10.4 Å². The third-order valence-electron chi connectivity index (χ3n) is 4.68. The number of sulfonamides is 1. The number of amides is 1. The second kappa shape index (κ2) is 8.54. The SMILES string of the molecule is CC(C)CCNC(=O)c1ccc(-c2ccc(S(=O)(=O)N3CCCC3)s2)cc1.